The van der Waals surface area contributed by atoms with Gasteiger partial charge in [-0.25, -0.2) is 4.98 Å². The Balaban J connectivity index is 1.90. The molecule has 0 bridgehead atoms. The maximum Gasteiger partial charge on any atom is 0.172 e. The van der Waals surface area contributed by atoms with E-state index in [1.54, 1.807) is 11.3 Å². The largest absolute Gasteiger partial charge is 0.488 e. The Kier molecular flexibility index (Phi) is 3.03. The van der Waals surface area contributed by atoms with Crippen molar-refractivity contribution in [2.24, 2.45) is 0 Å². The highest BCUT2D eigenvalue weighted by Crippen LogP contribution is 2.32. The summed E-state index contributed by atoms with van der Waals surface area (Å²) in [5.74, 6) is 1.80. The van der Waals surface area contributed by atoms with Crippen molar-refractivity contribution >= 4 is 33.1 Å². The van der Waals surface area contributed by atoms with Crippen molar-refractivity contribution in [1.82, 2.24) is 4.98 Å². The average molecular weight is 311 g/mol. The van der Waals surface area contributed by atoms with E-state index in [4.69, 9.17) is 4.74 Å². The van der Waals surface area contributed by atoms with Crippen LogP contribution in [0.1, 0.15) is 4.88 Å². The van der Waals surface area contributed by atoms with Gasteiger partial charge in [0.2, 0.25) is 0 Å². The molecule has 0 aromatic carbocycles. The van der Waals surface area contributed by atoms with Crippen LogP contribution in [-0.2, 0) is 6.54 Å². The van der Waals surface area contributed by atoms with Gasteiger partial charge in [0.1, 0.15) is 11.2 Å². The molecule has 0 saturated heterocycles. The average Bonchev–Trinajstić information content (AvgIpc) is 2.83. The number of anilines is 1. The summed E-state index contributed by atoms with van der Waals surface area (Å²) in [5.41, 5.74) is 0. The summed E-state index contributed by atoms with van der Waals surface area (Å²) in [4.78, 5) is 8.10. The second-order valence-corrected chi connectivity index (χ2v) is 5.65. The van der Waals surface area contributed by atoms with Crippen LogP contribution in [-0.4, -0.2) is 18.1 Å². The molecule has 1 aliphatic rings. The van der Waals surface area contributed by atoms with Crippen LogP contribution >= 0.6 is 27.3 Å². The van der Waals surface area contributed by atoms with Crippen molar-refractivity contribution in [3.05, 3.63) is 39.1 Å². The summed E-state index contributed by atoms with van der Waals surface area (Å²) in [6, 6.07) is 8.11. The minimum absolute atomic E-state index is 0.724. The number of aromatic nitrogens is 1. The fourth-order valence-electron chi connectivity index (χ4n) is 1.87. The first-order chi connectivity index (χ1) is 8.33. The number of fused-ring (bicyclic) bond motifs is 1. The van der Waals surface area contributed by atoms with Gasteiger partial charge in [-0.15, -0.1) is 11.3 Å². The van der Waals surface area contributed by atoms with E-state index in [1.165, 1.54) is 4.88 Å². The number of pyridine rings is 1. The van der Waals surface area contributed by atoms with Gasteiger partial charge >= 0.3 is 0 Å². The van der Waals surface area contributed by atoms with Gasteiger partial charge in [-0.2, -0.15) is 0 Å². The third-order valence-electron chi connectivity index (χ3n) is 2.65. The lowest BCUT2D eigenvalue weighted by atomic mass is 10.3. The van der Waals surface area contributed by atoms with Crippen LogP contribution in [0, 0.1) is 0 Å². The fraction of sp³-hybridized carbons (Fsp3) is 0.250. The topological polar surface area (TPSA) is 25.4 Å². The molecule has 0 radical (unpaired) electrons. The van der Waals surface area contributed by atoms with Gasteiger partial charge in [0.05, 0.1) is 13.1 Å². The fourth-order valence-corrected chi connectivity index (χ4v) is 2.89. The van der Waals surface area contributed by atoms with Crippen molar-refractivity contribution in [3.8, 4) is 5.75 Å². The Hall–Kier alpha value is -1.07. The quantitative estimate of drug-likeness (QED) is 0.796. The third kappa shape index (κ3) is 2.30. The zero-order valence-corrected chi connectivity index (χ0v) is 11.5. The standard InChI is InChI=1S/C12H11BrN2OS/c13-11-4-3-10-12(14-11)15(5-6-16-10)8-9-2-1-7-17-9/h1-4,7H,5-6,8H2. The van der Waals surface area contributed by atoms with E-state index < -0.39 is 0 Å². The van der Waals surface area contributed by atoms with E-state index in [9.17, 15) is 0 Å². The van der Waals surface area contributed by atoms with Crippen LogP contribution < -0.4 is 9.64 Å². The molecule has 0 unspecified atom stereocenters. The number of hydrogen-bond donors (Lipinski definition) is 0. The van der Waals surface area contributed by atoms with Crippen LogP contribution in [0.4, 0.5) is 5.82 Å². The molecule has 0 spiro atoms. The second kappa shape index (κ2) is 4.66. The Morgan fingerprint density at radius 1 is 1.41 bits per heavy atom. The number of rotatable bonds is 2. The van der Waals surface area contributed by atoms with Gasteiger partial charge in [0.25, 0.3) is 0 Å². The van der Waals surface area contributed by atoms with Crippen LogP contribution in [0.2, 0.25) is 0 Å². The number of hydrogen-bond acceptors (Lipinski definition) is 4. The van der Waals surface area contributed by atoms with Crippen LogP contribution in [0.5, 0.6) is 5.75 Å². The lowest BCUT2D eigenvalue weighted by Crippen LogP contribution is -2.32. The Labute approximate surface area is 112 Å². The molecule has 3 heterocycles. The van der Waals surface area contributed by atoms with Gasteiger partial charge < -0.3 is 9.64 Å². The highest BCUT2D eigenvalue weighted by molar-refractivity contribution is 9.10. The second-order valence-electron chi connectivity index (χ2n) is 3.81. The van der Waals surface area contributed by atoms with E-state index in [2.05, 4.69) is 43.3 Å². The normalized spacial score (nSPS) is 14.3. The molecule has 0 atom stereocenters. The maximum atomic E-state index is 5.61. The smallest absolute Gasteiger partial charge is 0.172 e. The lowest BCUT2D eigenvalue weighted by molar-refractivity contribution is 0.304. The van der Waals surface area contributed by atoms with Gasteiger partial charge in [-0.1, -0.05) is 6.07 Å². The van der Waals surface area contributed by atoms with Gasteiger partial charge in [-0.3, -0.25) is 0 Å². The van der Waals surface area contributed by atoms with Crippen molar-refractivity contribution in [2.45, 2.75) is 6.54 Å². The Morgan fingerprint density at radius 2 is 2.35 bits per heavy atom. The van der Waals surface area contributed by atoms with Gasteiger partial charge in [0, 0.05) is 4.88 Å². The first-order valence-corrected chi connectivity index (χ1v) is 7.07. The summed E-state index contributed by atoms with van der Waals surface area (Å²) in [5, 5.41) is 2.10. The van der Waals surface area contributed by atoms with Crippen LogP contribution in [0.3, 0.4) is 0 Å². The van der Waals surface area contributed by atoms with E-state index in [-0.39, 0.29) is 0 Å². The molecule has 1 aliphatic heterocycles. The van der Waals surface area contributed by atoms with E-state index in [0.29, 0.717) is 0 Å². The molecule has 88 valence electrons. The molecule has 17 heavy (non-hydrogen) atoms. The monoisotopic (exact) mass is 310 g/mol. The maximum absolute atomic E-state index is 5.61. The summed E-state index contributed by atoms with van der Waals surface area (Å²) in [6.07, 6.45) is 0. The zero-order chi connectivity index (χ0) is 11.7. The van der Waals surface area contributed by atoms with Gasteiger partial charge in [-0.05, 0) is 39.5 Å². The van der Waals surface area contributed by atoms with Crippen molar-refractivity contribution in [2.75, 3.05) is 18.1 Å². The van der Waals surface area contributed by atoms with E-state index >= 15 is 0 Å². The third-order valence-corrected chi connectivity index (χ3v) is 3.95. The SMILES string of the molecule is Brc1ccc2c(n1)N(Cc1cccs1)CCO2. The molecule has 0 aliphatic carbocycles. The first-order valence-electron chi connectivity index (χ1n) is 5.39. The van der Waals surface area contributed by atoms with Crippen LogP contribution in [0.25, 0.3) is 0 Å². The van der Waals surface area contributed by atoms with Crippen molar-refractivity contribution in [1.29, 1.82) is 0 Å². The lowest BCUT2D eigenvalue weighted by Gasteiger charge is -2.29. The Bertz CT molecular complexity index is 515. The highest BCUT2D eigenvalue weighted by Gasteiger charge is 2.20. The Morgan fingerprint density at radius 3 is 3.18 bits per heavy atom. The minimum atomic E-state index is 0.724. The molecule has 0 saturated carbocycles. The molecule has 3 rings (SSSR count). The number of halogens is 1. The van der Waals surface area contributed by atoms with E-state index in [1.807, 2.05) is 12.1 Å². The summed E-state index contributed by atoms with van der Waals surface area (Å²) >= 11 is 5.18. The summed E-state index contributed by atoms with van der Waals surface area (Å²) < 4.78 is 6.45. The molecule has 0 N–H and O–H groups in total. The molecular weight excluding hydrogens is 300 g/mol. The van der Waals surface area contributed by atoms with Crippen molar-refractivity contribution < 1.29 is 4.74 Å². The predicted octanol–water partition coefficient (Wildman–Crippen LogP) is 3.30. The number of nitrogens with zero attached hydrogens (tertiary/aromatic N) is 2. The minimum Gasteiger partial charge on any atom is -0.488 e. The number of ether oxygens (including phenoxy) is 1. The predicted molar refractivity (Wildman–Crippen MR) is 72.8 cm³/mol. The molecular formula is C12H11BrN2OS. The molecule has 3 nitrogen and oxygen atoms in total. The summed E-state index contributed by atoms with van der Waals surface area (Å²) in [6.45, 7) is 2.51. The molecule has 0 amide bonds. The first kappa shape index (κ1) is 11.0. The summed E-state index contributed by atoms with van der Waals surface area (Å²) in [7, 11) is 0. The molecule has 0 fully saturated rings. The van der Waals surface area contributed by atoms with E-state index in [0.717, 1.165) is 35.9 Å². The number of thiophene rings is 1. The van der Waals surface area contributed by atoms with Crippen LogP contribution in [0.15, 0.2) is 34.2 Å². The highest BCUT2D eigenvalue weighted by atomic mass is 79.9. The van der Waals surface area contributed by atoms with Gasteiger partial charge in [0.15, 0.2) is 11.6 Å². The molecule has 5 heteroatoms. The van der Waals surface area contributed by atoms with Crippen molar-refractivity contribution in [3.63, 3.8) is 0 Å². The molecule has 2 aromatic rings. The molecule has 2 aromatic heterocycles. The zero-order valence-electron chi connectivity index (χ0n) is 9.10.